The molecule has 0 N–H and O–H groups in total. The fraction of sp³-hybridized carbons (Fsp3) is 0.222. The van der Waals surface area contributed by atoms with Crippen molar-refractivity contribution in [2.24, 2.45) is 0 Å². The topological polar surface area (TPSA) is 26.3 Å². The fourth-order valence-electron chi connectivity index (χ4n) is 0.990. The number of carbonyl (C=O) groups excluding carboxylic acids is 1. The Morgan fingerprint density at radius 2 is 2.14 bits per heavy atom. The summed E-state index contributed by atoms with van der Waals surface area (Å²) in [7, 11) is 1.32. The summed E-state index contributed by atoms with van der Waals surface area (Å²) in [5.41, 5.74) is -0.114. The van der Waals surface area contributed by atoms with E-state index >= 15 is 0 Å². The Hall–Kier alpha value is -0.970. The van der Waals surface area contributed by atoms with Gasteiger partial charge < -0.3 is 4.74 Å². The SMILES string of the molecule is COc1ccc(Br)cc1C(=O)C(F)F. The lowest BCUT2D eigenvalue weighted by molar-refractivity contribution is 0.0675. The molecule has 5 heteroatoms. The summed E-state index contributed by atoms with van der Waals surface area (Å²) in [6.45, 7) is 0. The number of methoxy groups -OCH3 is 1. The Morgan fingerprint density at radius 3 is 2.64 bits per heavy atom. The highest BCUT2D eigenvalue weighted by Gasteiger charge is 2.21. The largest absolute Gasteiger partial charge is 0.496 e. The molecule has 0 saturated carbocycles. The summed E-state index contributed by atoms with van der Waals surface area (Å²) in [4.78, 5) is 11.0. The molecule has 14 heavy (non-hydrogen) atoms. The molecule has 0 radical (unpaired) electrons. The van der Waals surface area contributed by atoms with Crippen molar-refractivity contribution in [3.8, 4) is 5.75 Å². The van der Waals surface area contributed by atoms with Gasteiger partial charge in [-0.3, -0.25) is 4.79 Å². The quantitative estimate of drug-likeness (QED) is 0.785. The average molecular weight is 265 g/mol. The summed E-state index contributed by atoms with van der Waals surface area (Å²) < 4.78 is 29.6. The van der Waals surface area contributed by atoms with E-state index in [1.165, 1.54) is 19.2 Å². The summed E-state index contributed by atoms with van der Waals surface area (Å²) in [6, 6.07) is 4.38. The first-order valence-electron chi connectivity index (χ1n) is 3.72. The second kappa shape index (κ2) is 4.50. The average Bonchev–Trinajstić information content (AvgIpc) is 2.16. The Balaban J connectivity index is 3.17. The van der Waals surface area contributed by atoms with Crippen molar-refractivity contribution in [3.63, 3.8) is 0 Å². The zero-order chi connectivity index (χ0) is 10.7. The first kappa shape index (κ1) is 11.1. The highest BCUT2D eigenvalue weighted by Crippen LogP contribution is 2.24. The lowest BCUT2D eigenvalue weighted by Gasteiger charge is -2.06. The number of alkyl halides is 2. The van der Waals surface area contributed by atoms with Crippen LogP contribution in [-0.4, -0.2) is 19.3 Å². The number of hydrogen-bond acceptors (Lipinski definition) is 2. The lowest BCUT2D eigenvalue weighted by Crippen LogP contribution is -2.11. The molecule has 1 aromatic carbocycles. The Bertz CT molecular complexity index is 353. The molecule has 1 aromatic rings. The molecule has 1 rings (SSSR count). The molecule has 0 atom stereocenters. The number of rotatable bonds is 3. The molecule has 0 amide bonds. The van der Waals surface area contributed by atoms with Crippen molar-refractivity contribution in [1.29, 1.82) is 0 Å². The fourth-order valence-corrected chi connectivity index (χ4v) is 1.35. The maximum Gasteiger partial charge on any atom is 0.300 e. The van der Waals surface area contributed by atoms with Gasteiger partial charge in [-0.1, -0.05) is 15.9 Å². The molecule has 0 spiro atoms. The van der Waals surface area contributed by atoms with Gasteiger partial charge in [0.15, 0.2) is 0 Å². The second-order valence-electron chi connectivity index (χ2n) is 2.51. The summed E-state index contributed by atoms with van der Waals surface area (Å²) in [5, 5.41) is 0. The van der Waals surface area contributed by atoms with Crippen molar-refractivity contribution in [2.75, 3.05) is 7.11 Å². The van der Waals surface area contributed by atoms with Gasteiger partial charge in [0.1, 0.15) is 5.75 Å². The molecule has 0 bridgehead atoms. The highest BCUT2D eigenvalue weighted by molar-refractivity contribution is 9.10. The van der Waals surface area contributed by atoms with Crippen LogP contribution in [0.3, 0.4) is 0 Å². The number of carbonyl (C=O) groups is 1. The van der Waals surface area contributed by atoms with Gasteiger partial charge in [-0.05, 0) is 18.2 Å². The van der Waals surface area contributed by atoms with E-state index in [4.69, 9.17) is 4.74 Å². The van der Waals surface area contributed by atoms with Crippen LogP contribution in [0.2, 0.25) is 0 Å². The van der Waals surface area contributed by atoms with Gasteiger partial charge in [0.05, 0.1) is 12.7 Å². The van der Waals surface area contributed by atoms with Gasteiger partial charge in [0, 0.05) is 4.47 Å². The van der Waals surface area contributed by atoms with Crippen molar-refractivity contribution in [1.82, 2.24) is 0 Å². The van der Waals surface area contributed by atoms with Gasteiger partial charge in [0.2, 0.25) is 5.78 Å². The zero-order valence-electron chi connectivity index (χ0n) is 7.26. The first-order valence-corrected chi connectivity index (χ1v) is 4.51. The van der Waals surface area contributed by atoms with Crippen LogP contribution in [0.4, 0.5) is 8.78 Å². The minimum absolute atomic E-state index is 0.114. The minimum atomic E-state index is -3.02. The van der Waals surface area contributed by atoms with Crippen LogP contribution in [0.15, 0.2) is 22.7 Å². The van der Waals surface area contributed by atoms with E-state index in [-0.39, 0.29) is 11.3 Å². The van der Waals surface area contributed by atoms with Crippen molar-refractivity contribution >= 4 is 21.7 Å². The second-order valence-corrected chi connectivity index (χ2v) is 3.43. The van der Waals surface area contributed by atoms with Crippen molar-refractivity contribution in [2.45, 2.75) is 6.43 Å². The molecular formula is C9H7BrF2O2. The van der Waals surface area contributed by atoms with Crippen LogP contribution in [-0.2, 0) is 0 Å². The molecule has 0 unspecified atom stereocenters. The third-order valence-corrected chi connectivity index (χ3v) is 2.12. The van der Waals surface area contributed by atoms with Crippen LogP contribution in [0, 0.1) is 0 Å². The molecule has 0 saturated heterocycles. The van der Waals surface area contributed by atoms with Crippen LogP contribution in [0.25, 0.3) is 0 Å². The number of ketones is 1. The smallest absolute Gasteiger partial charge is 0.300 e. The third-order valence-electron chi connectivity index (χ3n) is 1.63. The van der Waals surface area contributed by atoms with Gasteiger partial charge in [-0.25, -0.2) is 8.78 Å². The van der Waals surface area contributed by atoms with E-state index in [0.717, 1.165) is 0 Å². The molecule has 0 aliphatic carbocycles. The van der Waals surface area contributed by atoms with E-state index in [0.29, 0.717) is 4.47 Å². The van der Waals surface area contributed by atoms with Crippen LogP contribution in [0.1, 0.15) is 10.4 Å². The predicted octanol–water partition coefficient (Wildman–Crippen LogP) is 2.91. The molecular weight excluding hydrogens is 258 g/mol. The van der Waals surface area contributed by atoms with Crippen LogP contribution < -0.4 is 4.74 Å². The molecule has 0 fully saturated rings. The molecule has 0 aromatic heterocycles. The van der Waals surface area contributed by atoms with E-state index in [2.05, 4.69) is 15.9 Å². The van der Waals surface area contributed by atoms with Gasteiger partial charge >= 0.3 is 6.43 Å². The van der Waals surface area contributed by atoms with E-state index in [9.17, 15) is 13.6 Å². The van der Waals surface area contributed by atoms with E-state index in [1.54, 1.807) is 6.07 Å². The van der Waals surface area contributed by atoms with Gasteiger partial charge in [-0.2, -0.15) is 0 Å². The normalized spacial score (nSPS) is 10.4. The number of hydrogen-bond donors (Lipinski definition) is 0. The third kappa shape index (κ3) is 2.29. The monoisotopic (exact) mass is 264 g/mol. The maximum absolute atomic E-state index is 12.1. The Kier molecular flexibility index (Phi) is 3.57. The molecule has 0 heterocycles. The maximum atomic E-state index is 12.1. The lowest BCUT2D eigenvalue weighted by atomic mass is 10.1. The Morgan fingerprint density at radius 1 is 1.50 bits per heavy atom. The first-order chi connectivity index (χ1) is 6.56. The summed E-state index contributed by atoms with van der Waals surface area (Å²) >= 11 is 3.09. The summed E-state index contributed by atoms with van der Waals surface area (Å²) in [5.74, 6) is -1.08. The number of halogens is 3. The molecule has 76 valence electrons. The number of benzene rings is 1. The van der Waals surface area contributed by atoms with Crippen molar-refractivity contribution < 1.29 is 18.3 Å². The number of Topliss-reactive ketones (excluding diaryl/α,β-unsaturated/α-hetero) is 1. The standard InChI is InChI=1S/C9H7BrF2O2/c1-14-7-3-2-5(10)4-6(7)8(13)9(11)12/h2-4,9H,1H3. The van der Waals surface area contributed by atoms with Crippen LogP contribution in [0.5, 0.6) is 5.75 Å². The molecule has 2 nitrogen and oxygen atoms in total. The van der Waals surface area contributed by atoms with E-state index in [1.807, 2.05) is 0 Å². The van der Waals surface area contributed by atoms with Crippen molar-refractivity contribution in [3.05, 3.63) is 28.2 Å². The zero-order valence-corrected chi connectivity index (χ0v) is 8.85. The highest BCUT2D eigenvalue weighted by atomic mass is 79.9. The molecule has 0 aliphatic rings. The predicted molar refractivity (Wildman–Crippen MR) is 51.0 cm³/mol. The van der Waals surface area contributed by atoms with Gasteiger partial charge in [0.25, 0.3) is 0 Å². The minimum Gasteiger partial charge on any atom is -0.496 e. The Labute approximate surface area is 88.0 Å². The van der Waals surface area contributed by atoms with Crippen LogP contribution >= 0.6 is 15.9 Å². The number of ether oxygens (including phenoxy) is 1. The van der Waals surface area contributed by atoms with E-state index < -0.39 is 12.2 Å². The molecule has 0 aliphatic heterocycles. The summed E-state index contributed by atoms with van der Waals surface area (Å²) in [6.07, 6.45) is -3.02. The van der Waals surface area contributed by atoms with Gasteiger partial charge in [-0.15, -0.1) is 0 Å².